The minimum absolute atomic E-state index is 0.00510. The first kappa shape index (κ1) is 18.9. The molecule has 0 radical (unpaired) electrons. The number of nitrogens with one attached hydrogen (secondary N) is 4. The smallest absolute Gasteiger partial charge is 0.350 e. The minimum Gasteiger partial charge on any atom is -0.370 e. The highest BCUT2D eigenvalue weighted by atomic mass is 16.1. The summed E-state index contributed by atoms with van der Waals surface area (Å²) < 4.78 is 1.71. The summed E-state index contributed by atoms with van der Waals surface area (Å²) in [7, 11) is 0. The number of aromatic nitrogens is 3. The van der Waals surface area contributed by atoms with Gasteiger partial charge in [0.2, 0.25) is 0 Å². The number of guanidine groups is 1. The van der Waals surface area contributed by atoms with Crippen molar-refractivity contribution in [3.63, 3.8) is 0 Å². The van der Waals surface area contributed by atoms with Crippen LogP contribution in [0.3, 0.4) is 0 Å². The van der Waals surface area contributed by atoms with Crippen LogP contribution in [0.5, 0.6) is 0 Å². The maximum absolute atomic E-state index is 12.4. The SMILES string of the molecule is Cc1cc2cn(C3C=CC(CNCCCNC(=N)N)=CC3C)c(=O)nc2[nH]1. The standard InChI is InChI=1S/C19H27N7O/c1-12-8-14(10-22-6-3-7-23-18(20)21)4-5-16(12)26-11-15-9-13(2)24-17(15)25-19(26)27/h4-5,8-9,11-12,16,22H,3,6-7,10H2,1-2H3,(H4,20,21,23)(H,24,25,27). The van der Waals surface area contributed by atoms with E-state index in [9.17, 15) is 4.79 Å². The van der Waals surface area contributed by atoms with Crippen molar-refractivity contribution >= 4 is 17.0 Å². The Labute approximate surface area is 158 Å². The van der Waals surface area contributed by atoms with Gasteiger partial charge in [-0.3, -0.25) is 9.98 Å². The van der Waals surface area contributed by atoms with Crippen LogP contribution in [0.2, 0.25) is 0 Å². The first-order valence-corrected chi connectivity index (χ1v) is 9.20. The number of rotatable bonds is 7. The lowest BCUT2D eigenvalue weighted by Gasteiger charge is -2.25. The molecule has 6 N–H and O–H groups in total. The Morgan fingerprint density at radius 3 is 3.00 bits per heavy atom. The second-order valence-electron chi connectivity index (χ2n) is 7.01. The molecule has 0 bridgehead atoms. The maximum Gasteiger partial charge on any atom is 0.350 e. The van der Waals surface area contributed by atoms with Crippen LogP contribution in [0, 0.1) is 18.3 Å². The molecule has 8 heteroatoms. The van der Waals surface area contributed by atoms with Gasteiger partial charge in [0.15, 0.2) is 5.96 Å². The van der Waals surface area contributed by atoms with Crippen molar-refractivity contribution < 1.29 is 0 Å². The van der Waals surface area contributed by atoms with Gasteiger partial charge in [0.25, 0.3) is 0 Å². The average molecular weight is 369 g/mol. The van der Waals surface area contributed by atoms with Crippen molar-refractivity contribution in [2.45, 2.75) is 26.3 Å². The number of aromatic amines is 1. The predicted octanol–water partition coefficient (Wildman–Crippen LogP) is 1.17. The molecular formula is C19H27N7O. The Hall–Kier alpha value is -2.87. The molecule has 0 fully saturated rings. The van der Waals surface area contributed by atoms with E-state index in [0.29, 0.717) is 12.2 Å². The average Bonchev–Trinajstić information content (AvgIpc) is 2.96. The summed E-state index contributed by atoms with van der Waals surface area (Å²) in [6, 6.07) is 1.97. The van der Waals surface area contributed by atoms with Crippen molar-refractivity contribution in [2.24, 2.45) is 11.7 Å². The number of H-pyrrole nitrogens is 1. The van der Waals surface area contributed by atoms with Crippen molar-refractivity contribution in [1.29, 1.82) is 5.41 Å². The molecule has 0 spiro atoms. The molecule has 8 nitrogen and oxygen atoms in total. The molecule has 1 aliphatic carbocycles. The van der Waals surface area contributed by atoms with Gasteiger partial charge in [0.05, 0.1) is 6.04 Å². The summed E-state index contributed by atoms with van der Waals surface area (Å²) in [6.45, 7) is 6.38. The molecule has 3 rings (SSSR count). The maximum atomic E-state index is 12.4. The van der Waals surface area contributed by atoms with Crippen molar-refractivity contribution in [3.8, 4) is 0 Å². The third kappa shape index (κ3) is 4.65. The number of hydrogen-bond donors (Lipinski definition) is 5. The molecular weight excluding hydrogens is 342 g/mol. The molecule has 0 amide bonds. The van der Waals surface area contributed by atoms with E-state index in [2.05, 4.69) is 45.8 Å². The summed E-state index contributed by atoms with van der Waals surface area (Å²) in [5, 5.41) is 14.2. The van der Waals surface area contributed by atoms with E-state index in [-0.39, 0.29) is 23.6 Å². The van der Waals surface area contributed by atoms with E-state index < -0.39 is 0 Å². The fourth-order valence-electron chi connectivity index (χ4n) is 3.38. The first-order valence-electron chi connectivity index (χ1n) is 9.20. The monoisotopic (exact) mass is 369 g/mol. The van der Waals surface area contributed by atoms with Crippen LogP contribution < -0.4 is 22.1 Å². The molecule has 0 aromatic carbocycles. The fourth-order valence-corrected chi connectivity index (χ4v) is 3.38. The van der Waals surface area contributed by atoms with E-state index in [1.54, 1.807) is 4.57 Å². The third-order valence-electron chi connectivity index (χ3n) is 4.69. The topological polar surface area (TPSA) is 125 Å². The normalized spacial score (nSPS) is 19.3. The molecule has 144 valence electrons. The molecule has 27 heavy (non-hydrogen) atoms. The Morgan fingerprint density at radius 1 is 1.44 bits per heavy atom. The summed E-state index contributed by atoms with van der Waals surface area (Å²) in [5.41, 5.74) is 7.85. The van der Waals surface area contributed by atoms with Crippen LogP contribution in [-0.4, -0.2) is 40.1 Å². The summed E-state index contributed by atoms with van der Waals surface area (Å²) >= 11 is 0. The van der Waals surface area contributed by atoms with Crippen LogP contribution in [0.4, 0.5) is 0 Å². The largest absolute Gasteiger partial charge is 0.370 e. The zero-order valence-electron chi connectivity index (χ0n) is 15.7. The Kier molecular flexibility index (Phi) is 5.75. The second-order valence-corrected chi connectivity index (χ2v) is 7.01. The van der Waals surface area contributed by atoms with Crippen LogP contribution >= 0.6 is 0 Å². The van der Waals surface area contributed by atoms with E-state index in [4.69, 9.17) is 11.1 Å². The number of fused-ring (bicyclic) bond motifs is 1. The Morgan fingerprint density at radius 2 is 2.26 bits per heavy atom. The van der Waals surface area contributed by atoms with Gasteiger partial charge in [0, 0.05) is 30.4 Å². The number of hydrogen-bond acceptors (Lipinski definition) is 4. The Bertz CT molecular complexity index is 937. The van der Waals surface area contributed by atoms with E-state index >= 15 is 0 Å². The number of nitrogens with zero attached hydrogens (tertiary/aromatic N) is 2. The van der Waals surface area contributed by atoms with Crippen molar-refractivity contribution in [1.82, 2.24) is 25.2 Å². The molecule has 2 unspecified atom stereocenters. The molecule has 1 aliphatic rings. The molecule has 2 aromatic rings. The van der Waals surface area contributed by atoms with Crippen molar-refractivity contribution in [3.05, 3.63) is 52.2 Å². The Balaban J connectivity index is 1.60. The highest BCUT2D eigenvalue weighted by molar-refractivity contribution is 5.75. The molecule has 2 heterocycles. The highest BCUT2D eigenvalue weighted by Crippen LogP contribution is 2.26. The van der Waals surface area contributed by atoms with Gasteiger partial charge in [-0.15, -0.1) is 0 Å². The first-order chi connectivity index (χ1) is 12.9. The lowest BCUT2D eigenvalue weighted by atomic mass is 9.92. The van der Waals surface area contributed by atoms with E-state index in [0.717, 1.165) is 30.6 Å². The zero-order valence-corrected chi connectivity index (χ0v) is 15.7. The summed E-state index contributed by atoms with van der Waals surface area (Å²) in [4.78, 5) is 19.7. The number of aryl methyl sites for hydroxylation is 1. The molecule has 0 saturated carbocycles. The zero-order chi connectivity index (χ0) is 19.4. The minimum atomic E-state index is -0.237. The molecule has 2 aromatic heterocycles. The van der Waals surface area contributed by atoms with Gasteiger partial charge in [-0.2, -0.15) is 4.98 Å². The van der Waals surface area contributed by atoms with Crippen LogP contribution in [-0.2, 0) is 0 Å². The second kappa shape index (κ2) is 8.22. The van der Waals surface area contributed by atoms with Crippen LogP contribution in [0.15, 0.2) is 40.9 Å². The predicted molar refractivity (Wildman–Crippen MR) is 108 cm³/mol. The van der Waals surface area contributed by atoms with Gasteiger partial charge in [-0.05, 0) is 37.4 Å². The highest BCUT2D eigenvalue weighted by Gasteiger charge is 2.20. The van der Waals surface area contributed by atoms with Gasteiger partial charge in [0.1, 0.15) is 5.65 Å². The number of allylic oxidation sites excluding steroid dienone is 2. The van der Waals surface area contributed by atoms with Gasteiger partial charge in [-0.1, -0.05) is 25.2 Å². The van der Waals surface area contributed by atoms with Crippen LogP contribution in [0.25, 0.3) is 11.0 Å². The fraction of sp³-hybridized carbons (Fsp3) is 0.421. The van der Waals surface area contributed by atoms with Gasteiger partial charge < -0.3 is 21.4 Å². The lowest BCUT2D eigenvalue weighted by molar-refractivity contribution is 0.464. The summed E-state index contributed by atoms with van der Waals surface area (Å²) in [6.07, 6.45) is 9.13. The van der Waals surface area contributed by atoms with E-state index in [1.807, 2.05) is 19.2 Å². The molecule has 0 saturated heterocycles. The van der Waals surface area contributed by atoms with Crippen LogP contribution in [0.1, 0.15) is 25.1 Å². The third-order valence-corrected chi connectivity index (χ3v) is 4.69. The van der Waals surface area contributed by atoms with Gasteiger partial charge in [-0.25, -0.2) is 4.79 Å². The lowest BCUT2D eigenvalue weighted by Crippen LogP contribution is -2.33. The molecule has 0 aliphatic heterocycles. The van der Waals surface area contributed by atoms with Gasteiger partial charge >= 0.3 is 5.69 Å². The number of nitrogens with two attached hydrogens (primary N) is 1. The van der Waals surface area contributed by atoms with Crippen molar-refractivity contribution in [2.75, 3.05) is 19.6 Å². The van der Waals surface area contributed by atoms with E-state index in [1.165, 1.54) is 5.57 Å². The summed E-state index contributed by atoms with van der Waals surface area (Å²) in [5.74, 6) is 0.202. The quantitative estimate of drug-likeness (QED) is 0.285. The molecule has 2 atom stereocenters.